The molecule has 1 amide bonds. The number of carbonyl (C=O) groups is 1. The number of hydrogen-bond acceptors (Lipinski definition) is 2. The van der Waals surface area contributed by atoms with Crippen molar-refractivity contribution in [3.63, 3.8) is 0 Å². The van der Waals surface area contributed by atoms with Gasteiger partial charge in [0.1, 0.15) is 18.0 Å². The first-order chi connectivity index (χ1) is 19.0. The van der Waals surface area contributed by atoms with Crippen LogP contribution in [0.4, 0.5) is 8.78 Å². The third-order valence-corrected chi connectivity index (χ3v) is 6.57. The number of nitrogens with two attached hydrogens (primary N) is 1. The van der Waals surface area contributed by atoms with E-state index in [1.807, 2.05) is 60.7 Å². The number of alkyl halides is 1. The highest BCUT2D eigenvalue weighted by Gasteiger charge is 2.19. The molecule has 0 spiro atoms. The number of carbonyl (C=O) groups excluding carboxylic acids is 1. The minimum Gasteiger partial charge on any atom is -0.486 e. The molecule has 0 fully saturated rings. The van der Waals surface area contributed by atoms with Crippen molar-refractivity contribution in [3.05, 3.63) is 150 Å². The van der Waals surface area contributed by atoms with E-state index in [-0.39, 0.29) is 12.4 Å². The highest BCUT2D eigenvalue weighted by molar-refractivity contribution is 9.08. The van der Waals surface area contributed by atoms with E-state index in [2.05, 4.69) is 64.5 Å². The first-order valence-electron chi connectivity index (χ1n) is 12.2. The van der Waals surface area contributed by atoms with Crippen LogP contribution in [0.3, 0.4) is 0 Å². The predicted molar refractivity (Wildman–Crippen MR) is 156 cm³/mol. The fourth-order valence-electron chi connectivity index (χ4n) is 3.97. The quantitative estimate of drug-likeness (QED) is 0.194. The van der Waals surface area contributed by atoms with Crippen LogP contribution < -0.4 is 10.5 Å². The summed E-state index contributed by atoms with van der Waals surface area (Å²) in [5.74, 6) is -3.50. The molecular formula is C33H26BrF2NO2. The Labute approximate surface area is 235 Å². The van der Waals surface area contributed by atoms with Gasteiger partial charge in [0, 0.05) is 5.33 Å². The van der Waals surface area contributed by atoms with E-state index in [1.54, 1.807) is 0 Å². The van der Waals surface area contributed by atoms with Gasteiger partial charge in [-0.15, -0.1) is 0 Å². The minimum atomic E-state index is -1.17. The molecule has 0 saturated heterocycles. The van der Waals surface area contributed by atoms with Crippen LogP contribution in [0.15, 0.2) is 121 Å². The van der Waals surface area contributed by atoms with Crippen molar-refractivity contribution in [1.29, 1.82) is 0 Å². The Morgan fingerprint density at radius 1 is 0.667 bits per heavy atom. The molecule has 0 aliphatic rings. The van der Waals surface area contributed by atoms with Crippen molar-refractivity contribution >= 4 is 21.8 Å². The molecule has 39 heavy (non-hydrogen) atoms. The average molecular weight is 586 g/mol. The molecule has 0 saturated carbocycles. The zero-order valence-electron chi connectivity index (χ0n) is 21.0. The summed E-state index contributed by atoms with van der Waals surface area (Å²) in [7, 11) is 0. The number of rotatable bonds is 7. The van der Waals surface area contributed by atoms with E-state index in [0.717, 1.165) is 34.2 Å². The van der Waals surface area contributed by atoms with Crippen molar-refractivity contribution < 1.29 is 18.3 Å². The molecule has 0 radical (unpaired) electrons. The summed E-state index contributed by atoms with van der Waals surface area (Å²) in [4.78, 5) is 11.2. The molecule has 6 heteroatoms. The summed E-state index contributed by atoms with van der Waals surface area (Å²) >= 11 is 3.46. The van der Waals surface area contributed by atoms with Gasteiger partial charge in [-0.1, -0.05) is 119 Å². The van der Waals surface area contributed by atoms with Gasteiger partial charge in [-0.3, -0.25) is 4.79 Å². The average Bonchev–Trinajstić information content (AvgIpc) is 2.98. The van der Waals surface area contributed by atoms with Crippen molar-refractivity contribution in [3.8, 4) is 28.0 Å². The highest BCUT2D eigenvalue weighted by Crippen LogP contribution is 2.25. The predicted octanol–water partition coefficient (Wildman–Crippen LogP) is 8.56. The summed E-state index contributed by atoms with van der Waals surface area (Å²) in [5, 5.41) is 0.910. The van der Waals surface area contributed by atoms with Gasteiger partial charge >= 0.3 is 0 Å². The van der Waals surface area contributed by atoms with Crippen LogP contribution in [0.2, 0.25) is 0 Å². The van der Waals surface area contributed by atoms with Crippen molar-refractivity contribution in [2.75, 3.05) is 0 Å². The van der Waals surface area contributed by atoms with Gasteiger partial charge in [-0.25, -0.2) is 8.78 Å². The number of halogens is 3. The fourth-order valence-corrected chi connectivity index (χ4v) is 4.32. The van der Waals surface area contributed by atoms with Gasteiger partial charge in [0.2, 0.25) is 0 Å². The third-order valence-electron chi connectivity index (χ3n) is 5.92. The number of ether oxygens (including phenoxy) is 1. The second-order valence-corrected chi connectivity index (χ2v) is 9.21. The van der Waals surface area contributed by atoms with Crippen LogP contribution in [-0.2, 0) is 11.9 Å². The zero-order valence-corrected chi connectivity index (χ0v) is 22.6. The number of hydrogen-bond donors (Lipinski definition) is 1. The lowest BCUT2D eigenvalue weighted by molar-refractivity contribution is 0.0991. The zero-order chi connectivity index (χ0) is 27.6. The summed E-state index contributed by atoms with van der Waals surface area (Å²) in [5.41, 5.74) is 10.9. The molecule has 0 atom stereocenters. The Bertz CT molecular complexity index is 1540. The summed E-state index contributed by atoms with van der Waals surface area (Å²) in [6.45, 7) is 0.0709. The smallest absolute Gasteiger partial charge is 0.254 e. The maximum atomic E-state index is 14.2. The van der Waals surface area contributed by atoms with Gasteiger partial charge in [0.25, 0.3) is 5.91 Å². The van der Waals surface area contributed by atoms with Crippen LogP contribution in [0.25, 0.3) is 22.3 Å². The fraction of sp³-hybridized carbons (Fsp3) is 0.0606. The van der Waals surface area contributed by atoms with Crippen molar-refractivity contribution in [1.82, 2.24) is 0 Å². The molecule has 0 unspecified atom stereocenters. The molecule has 0 aliphatic carbocycles. The normalized spacial score (nSPS) is 10.3. The van der Waals surface area contributed by atoms with Crippen LogP contribution in [0, 0.1) is 11.6 Å². The number of amides is 1. The molecule has 0 bridgehead atoms. The summed E-state index contributed by atoms with van der Waals surface area (Å²) < 4.78 is 33.1. The van der Waals surface area contributed by atoms with Crippen LogP contribution in [0.1, 0.15) is 21.5 Å². The molecular weight excluding hydrogens is 560 g/mol. The van der Waals surface area contributed by atoms with Gasteiger partial charge in [0.05, 0.1) is 0 Å². The first kappa shape index (κ1) is 27.7. The molecule has 5 aromatic carbocycles. The Balaban J connectivity index is 0.000000212. The summed E-state index contributed by atoms with van der Waals surface area (Å²) in [6, 6.07) is 38.5. The lowest BCUT2D eigenvalue weighted by Crippen LogP contribution is -2.16. The Morgan fingerprint density at radius 3 is 1.72 bits per heavy atom. The summed E-state index contributed by atoms with van der Waals surface area (Å²) in [6.07, 6.45) is 0. The van der Waals surface area contributed by atoms with E-state index >= 15 is 0 Å². The van der Waals surface area contributed by atoms with Gasteiger partial charge in [-0.05, 0) is 51.6 Å². The van der Waals surface area contributed by atoms with E-state index in [9.17, 15) is 13.6 Å². The van der Waals surface area contributed by atoms with E-state index in [0.29, 0.717) is 0 Å². The molecule has 0 heterocycles. The Morgan fingerprint density at radius 2 is 1.18 bits per heavy atom. The van der Waals surface area contributed by atoms with Gasteiger partial charge in [0.15, 0.2) is 11.6 Å². The SMILES string of the molecule is BrCc1cccc(-c2ccccc2)c1.NC(=O)c1c(F)ccc(OCc2cccc(-c3ccccc3)c2)c1F. The van der Waals surface area contributed by atoms with E-state index in [1.165, 1.54) is 16.7 Å². The molecule has 3 nitrogen and oxygen atoms in total. The van der Waals surface area contributed by atoms with Gasteiger partial charge in [-0.2, -0.15) is 0 Å². The molecule has 2 N–H and O–H groups in total. The lowest BCUT2D eigenvalue weighted by atomic mass is 10.0. The standard InChI is InChI=1S/C20H15F2NO2.C13H11Br/c21-16-9-10-17(19(22)18(16)20(23)24)25-12-13-5-4-8-15(11-13)14-6-2-1-3-7-14;14-10-11-5-4-8-13(9-11)12-6-2-1-3-7-12/h1-11H,12H2,(H2,23,24);1-9H,10H2. The molecule has 196 valence electrons. The third kappa shape index (κ3) is 7.39. The lowest BCUT2D eigenvalue weighted by Gasteiger charge is -2.11. The molecule has 0 aromatic heterocycles. The molecule has 5 rings (SSSR count). The molecule has 0 aliphatic heterocycles. The number of benzene rings is 5. The second-order valence-electron chi connectivity index (χ2n) is 8.65. The largest absolute Gasteiger partial charge is 0.486 e. The minimum absolute atomic E-state index is 0.0709. The monoisotopic (exact) mass is 585 g/mol. The van der Waals surface area contributed by atoms with E-state index in [4.69, 9.17) is 10.5 Å². The first-order valence-corrected chi connectivity index (χ1v) is 13.3. The highest BCUT2D eigenvalue weighted by atomic mass is 79.9. The Kier molecular flexibility index (Phi) is 9.59. The Hall–Kier alpha value is -4.29. The second kappa shape index (κ2) is 13.5. The number of primary amides is 1. The molecule has 5 aromatic rings. The van der Waals surface area contributed by atoms with Crippen molar-refractivity contribution in [2.45, 2.75) is 11.9 Å². The van der Waals surface area contributed by atoms with Gasteiger partial charge < -0.3 is 10.5 Å². The maximum absolute atomic E-state index is 14.2. The maximum Gasteiger partial charge on any atom is 0.254 e. The topological polar surface area (TPSA) is 52.3 Å². The van der Waals surface area contributed by atoms with E-state index < -0.39 is 23.1 Å². The van der Waals surface area contributed by atoms with Crippen LogP contribution in [-0.4, -0.2) is 5.91 Å². The van der Waals surface area contributed by atoms with Crippen LogP contribution in [0.5, 0.6) is 5.75 Å². The van der Waals surface area contributed by atoms with Crippen LogP contribution >= 0.6 is 15.9 Å². The van der Waals surface area contributed by atoms with Crippen molar-refractivity contribution in [2.24, 2.45) is 5.73 Å².